The minimum Gasteiger partial charge on any atom is -0.394 e. The summed E-state index contributed by atoms with van der Waals surface area (Å²) in [4.78, 5) is 0. The van der Waals surface area contributed by atoms with Crippen LogP contribution in [0.1, 0.15) is 0 Å². The van der Waals surface area contributed by atoms with E-state index in [1.807, 2.05) is 0 Å². The topological polar surface area (TPSA) is 366 Å². The summed E-state index contributed by atoms with van der Waals surface area (Å²) in [5.74, 6) is 0. The summed E-state index contributed by atoms with van der Waals surface area (Å²) in [5.41, 5.74) is 0. The summed E-state index contributed by atoms with van der Waals surface area (Å²) in [7, 11) is 0. The molecule has 5 aliphatic heterocycles. The van der Waals surface area contributed by atoms with Gasteiger partial charge in [-0.2, -0.15) is 0 Å². The average Bonchev–Trinajstić information content (AvgIpc) is 3.55. The zero-order valence-electron chi connectivity index (χ0n) is 26.2. The van der Waals surface area contributed by atoms with Gasteiger partial charge >= 0.3 is 0 Å². The van der Waals surface area contributed by atoms with Crippen LogP contribution >= 0.6 is 0 Å². The fourth-order valence-corrected chi connectivity index (χ4v) is 6.23. The van der Waals surface area contributed by atoms with Crippen molar-refractivity contribution in [3.63, 3.8) is 0 Å². The zero-order chi connectivity index (χ0) is 36.6. The Morgan fingerprint density at radius 1 is 0.420 bits per heavy atom. The van der Waals surface area contributed by atoms with Crippen LogP contribution < -0.4 is 0 Å². The SMILES string of the molecule is OC[C@@H]1O[C@@H](O[C@@H]2[C@H](O[C@@H]3O[C@@H](CO)[C@H](O[C@H]4OC[C@H](O)[C@H](O)[C@H]4O)[C@H]3O)[C@@H](O)[C@H](OC[C@H]3O[C@@H](O)[C@H](O)[C@@H](O)[C@H]3O)O[C@@H]2CO)[C@H](O)[C@H]1O. The molecule has 5 saturated heterocycles. The Morgan fingerprint density at radius 2 is 0.920 bits per heavy atom. The van der Waals surface area contributed by atoms with Gasteiger partial charge in [0.05, 0.1) is 33.0 Å². The maximum Gasteiger partial charge on any atom is 0.187 e. The second-order valence-electron chi connectivity index (χ2n) is 12.6. The normalized spacial score (nSPS) is 53.2. The Hall–Kier alpha value is -0.920. The molecule has 0 amide bonds. The van der Waals surface area contributed by atoms with Crippen LogP contribution in [0.2, 0.25) is 0 Å². The number of rotatable bonds is 12. The molecule has 292 valence electrons. The van der Waals surface area contributed by atoms with E-state index in [9.17, 15) is 71.5 Å². The molecule has 0 saturated carbocycles. The molecule has 5 rings (SSSR count). The van der Waals surface area contributed by atoms with Crippen molar-refractivity contribution in [3.8, 4) is 0 Å². The maximum absolute atomic E-state index is 11.4. The van der Waals surface area contributed by atoms with E-state index in [2.05, 4.69) is 0 Å². The van der Waals surface area contributed by atoms with Crippen molar-refractivity contribution in [2.24, 2.45) is 0 Å². The molecule has 50 heavy (non-hydrogen) atoms. The zero-order valence-corrected chi connectivity index (χ0v) is 26.2. The first-order valence-electron chi connectivity index (χ1n) is 15.8. The van der Waals surface area contributed by atoms with E-state index < -0.39 is 168 Å². The quantitative estimate of drug-likeness (QED) is 0.0883. The molecule has 0 aliphatic carbocycles. The molecule has 5 heterocycles. The molecular formula is C27H46O23. The lowest BCUT2D eigenvalue weighted by Crippen LogP contribution is -2.64. The second kappa shape index (κ2) is 17.0. The van der Waals surface area contributed by atoms with Gasteiger partial charge in [-0.25, -0.2) is 0 Å². The molecular weight excluding hydrogens is 692 g/mol. The lowest BCUT2D eigenvalue weighted by atomic mass is 9.97. The predicted octanol–water partition coefficient (Wildman–Crippen LogP) is -10.0. The highest BCUT2D eigenvalue weighted by Gasteiger charge is 2.56. The van der Waals surface area contributed by atoms with Crippen molar-refractivity contribution < 1.29 is 114 Å². The van der Waals surface area contributed by atoms with Gasteiger partial charge in [-0.1, -0.05) is 0 Å². The van der Waals surface area contributed by atoms with Crippen molar-refractivity contribution >= 4 is 0 Å². The third kappa shape index (κ3) is 8.10. The number of aliphatic hydroxyl groups excluding tert-OH is 14. The summed E-state index contributed by atoms with van der Waals surface area (Å²) in [6.45, 7) is -3.55. The Bertz CT molecular complexity index is 1060. The predicted molar refractivity (Wildman–Crippen MR) is 148 cm³/mol. The lowest BCUT2D eigenvalue weighted by Gasteiger charge is -2.46. The summed E-state index contributed by atoms with van der Waals surface area (Å²) in [5, 5.41) is 143. The van der Waals surface area contributed by atoms with E-state index in [-0.39, 0.29) is 0 Å². The summed E-state index contributed by atoms with van der Waals surface area (Å²) in [6.07, 6.45) is -36.9. The first-order valence-corrected chi connectivity index (χ1v) is 15.8. The largest absolute Gasteiger partial charge is 0.394 e. The van der Waals surface area contributed by atoms with Crippen LogP contribution in [0.15, 0.2) is 0 Å². The Labute approximate surface area is 282 Å². The van der Waals surface area contributed by atoms with Crippen LogP contribution in [-0.4, -0.2) is 240 Å². The average molecular weight is 739 g/mol. The van der Waals surface area contributed by atoms with Gasteiger partial charge in [-0.3, -0.25) is 0 Å². The van der Waals surface area contributed by atoms with Gasteiger partial charge in [0.15, 0.2) is 31.5 Å². The molecule has 0 bridgehead atoms. The van der Waals surface area contributed by atoms with Crippen LogP contribution in [0.4, 0.5) is 0 Å². The summed E-state index contributed by atoms with van der Waals surface area (Å²) >= 11 is 0. The first kappa shape index (κ1) is 40.3. The molecule has 0 aromatic heterocycles. The third-order valence-electron chi connectivity index (χ3n) is 9.20. The molecule has 22 atom stereocenters. The molecule has 23 heteroatoms. The van der Waals surface area contributed by atoms with E-state index in [0.717, 1.165) is 0 Å². The van der Waals surface area contributed by atoms with Crippen molar-refractivity contribution in [3.05, 3.63) is 0 Å². The molecule has 0 spiro atoms. The van der Waals surface area contributed by atoms with Crippen molar-refractivity contribution in [2.45, 2.75) is 135 Å². The standard InChI is InChI=1S/C27H46O23/c28-1-7-12(33)17(38)26(45-7)49-21-9(3-30)46-25(43-5-10-13(34)14(35)15(36)23(41)44-10)19(40)22(21)50-27-18(39)20(8(2-29)47-27)48-24-16(37)11(32)6(31)4-42-24/h6-41H,1-5H2/t6-,7-,8-,9+,10+,11-,12-,13-,14-,15+,16+,17+,18+,19+,20-,21-,22+,23+,24+,25+,26-,27-/m0/s1. The lowest BCUT2D eigenvalue weighted by molar-refractivity contribution is -0.360. The molecule has 23 nitrogen and oxygen atoms in total. The number of aliphatic hydroxyl groups is 14. The molecule has 0 aromatic rings. The van der Waals surface area contributed by atoms with Crippen LogP contribution in [0.5, 0.6) is 0 Å². The number of hydrogen-bond donors (Lipinski definition) is 14. The van der Waals surface area contributed by atoms with Crippen LogP contribution in [0, 0.1) is 0 Å². The minimum atomic E-state index is -1.97. The van der Waals surface area contributed by atoms with Crippen molar-refractivity contribution in [2.75, 3.05) is 33.0 Å². The fraction of sp³-hybridized carbons (Fsp3) is 1.00. The molecule has 5 aliphatic rings. The summed E-state index contributed by atoms with van der Waals surface area (Å²) in [6, 6.07) is 0. The Kier molecular flexibility index (Phi) is 13.7. The van der Waals surface area contributed by atoms with Gasteiger partial charge in [-0.05, 0) is 0 Å². The third-order valence-corrected chi connectivity index (χ3v) is 9.20. The smallest absolute Gasteiger partial charge is 0.187 e. The maximum atomic E-state index is 11.4. The molecule has 14 N–H and O–H groups in total. The Morgan fingerprint density at radius 3 is 1.56 bits per heavy atom. The van der Waals surface area contributed by atoms with Gasteiger partial charge in [0, 0.05) is 0 Å². The van der Waals surface area contributed by atoms with E-state index in [1.165, 1.54) is 0 Å². The highest BCUT2D eigenvalue weighted by atomic mass is 16.8. The van der Waals surface area contributed by atoms with E-state index in [0.29, 0.717) is 0 Å². The fourth-order valence-electron chi connectivity index (χ4n) is 6.23. The van der Waals surface area contributed by atoms with E-state index in [1.54, 1.807) is 0 Å². The molecule has 0 aromatic carbocycles. The monoisotopic (exact) mass is 738 g/mol. The highest BCUT2D eigenvalue weighted by Crippen LogP contribution is 2.36. The van der Waals surface area contributed by atoms with Gasteiger partial charge in [0.1, 0.15) is 104 Å². The molecule has 0 unspecified atom stereocenters. The van der Waals surface area contributed by atoms with Gasteiger partial charge in [0.25, 0.3) is 0 Å². The van der Waals surface area contributed by atoms with Gasteiger partial charge < -0.3 is 114 Å². The van der Waals surface area contributed by atoms with E-state index >= 15 is 0 Å². The number of hydrogen-bond acceptors (Lipinski definition) is 23. The second-order valence-corrected chi connectivity index (χ2v) is 12.6. The molecule has 0 radical (unpaired) electrons. The Balaban J connectivity index is 1.35. The van der Waals surface area contributed by atoms with Crippen molar-refractivity contribution in [1.82, 2.24) is 0 Å². The van der Waals surface area contributed by atoms with Crippen LogP contribution in [-0.2, 0) is 42.6 Å². The van der Waals surface area contributed by atoms with Gasteiger partial charge in [0.2, 0.25) is 0 Å². The van der Waals surface area contributed by atoms with Crippen LogP contribution in [0.25, 0.3) is 0 Å². The highest BCUT2D eigenvalue weighted by molar-refractivity contribution is 4.98. The summed E-state index contributed by atoms with van der Waals surface area (Å²) < 4.78 is 49.8. The minimum absolute atomic E-state index is 0.449. The van der Waals surface area contributed by atoms with Crippen molar-refractivity contribution in [1.29, 1.82) is 0 Å². The first-order chi connectivity index (χ1) is 23.7. The van der Waals surface area contributed by atoms with Gasteiger partial charge in [-0.15, -0.1) is 0 Å². The molecule has 5 fully saturated rings. The number of ether oxygens (including phenoxy) is 9. The van der Waals surface area contributed by atoms with Crippen LogP contribution in [0.3, 0.4) is 0 Å². The van der Waals surface area contributed by atoms with E-state index in [4.69, 9.17) is 42.6 Å².